The molecule has 88 valence electrons. The van der Waals surface area contributed by atoms with Gasteiger partial charge in [-0.25, -0.2) is 0 Å². The predicted molar refractivity (Wildman–Crippen MR) is 62.1 cm³/mol. The molecule has 0 aromatic rings. The number of hydrogen-bond donors (Lipinski definition) is 1. The number of nitrogens with one attached hydrogen (secondary N) is 1. The fourth-order valence-corrected chi connectivity index (χ4v) is 2.82. The van der Waals surface area contributed by atoms with Crippen LogP contribution in [-0.2, 0) is 4.74 Å². The van der Waals surface area contributed by atoms with Crippen molar-refractivity contribution < 1.29 is 4.74 Å². The lowest BCUT2D eigenvalue weighted by molar-refractivity contribution is 0.0108. The highest BCUT2D eigenvalue weighted by Crippen LogP contribution is 2.20. The molecule has 2 rings (SSSR count). The summed E-state index contributed by atoms with van der Waals surface area (Å²) in [5, 5.41) is 3.64. The predicted octanol–water partition coefficient (Wildman–Crippen LogP) is 1.24. The Hall–Kier alpha value is -0.120. The van der Waals surface area contributed by atoms with Crippen LogP contribution in [0.1, 0.15) is 33.1 Å². The lowest BCUT2D eigenvalue weighted by Crippen LogP contribution is -2.56. The Morgan fingerprint density at radius 2 is 2.00 bits per heavy atom. The van der Waals surface area contributed by atoms with Crippen molar-refractivity contribution in [1.82, 2.24) is 10.2 Å². The zero-order valence-corrected chi connectivity index (χ0v) is 10.0. The highest BCUT2D eigenvalue weighted by atomic mass is 16.5. The van der Waals surface area contributed by atoms with E-state index in [1.54, 1.807) is 0 Å². The van der Waals surface area contributed by atoms with Gasteiger partial charge in [-0.15, -0.1) is 0 Å². The van der Waals surface area contributed by atoms with Crippen molar-refractivity contribution in [2.24, 2.45) is 0 Å². The van der Waals surface area contributed by atoms with Gasteiger partial charge in [0.05, 0.1) is 6.61 Å². The Balaban J connectivity index is 1.92. The molecule has 1 N–H and O–H groups in total. The minimum Gasteiger partial charge on any atom is -0.380 e. The summed E-state index contributed by atoms with van der Waals surface area (Å²) in [6.07, 6.45) is 3.96. The molecule has 0 radical (unpaired) electrons. The van der Waals surface area contributed by atoms with Crippen molar-refractivity contribution in [1.29, 1.82) is 0 Å². The van der Waals surface area contributed by atoms with Crippen LogP contribution in [-0.4, -0.2) is 49.3 Å². The molecule has 0 bridgehead atoms. The molecule has 0 amide bonds. The summed E-state index contributed by atoms with van der Waals surface area (Å²) in [5.74, 6) is 0. The van der Waals surface area contributed by atoms with Gasteiger partial charge >= 0.3 is 0 Å². The second-order valence-electron chi connectivity index (χ2n) is 5.10. The molecule has 2 fully saturated rings. The van der Waals surface area contributed by atoms with Gasteiger partial charge in [0.1, 0.15) is 0 Å². The summed E-state index contributed by atoms with van der Waals surface area (Å²) in [6, 6.07) is 1.81. The molecular formula is C12H24N2O. The lowest BCUT2D eigenvalue weighted by atomic mass is 10.0. The van der Waals surface area contributed by atoms with Crippen molar-refractivity contribution in [3.8, 4) is 0 Å². The number of likely N-dealkylation sites (tertiary alicyclic amines) is 1. The minimum atomic E-state index is 0.539. The van der Waals surface area contributed by atoms with E-state index in [1.165, 1.54) is 32.4 Å². The molecule has 2 atom stereocenters. The maximum atomic E-state index is 5.58. The van der Waals surface area contributed by atoms with Crippen LogP contribution in [0.3, 0.4) is 0 Å². The second kappa shape index (κ2) is 5.28. The van der Waals surface area contributed by atoms with Gasteiger partial charge in [0.25, 0.3) is 0 Å². The van der Waals surface area contributed by atoms with Crippen LogP contribution in [0.25, 0.3) is 0 Å². The zero-order valence-electron chi connectivity index (χ0n) is 10.0. The molecule has 0 aromatic carbocycles. The van der Waals surface area contributed by atoms with Crippen LogP contribution in [0.4, 0.5) is 0 Å². The summed E-state index contributed by atoms with van der Waals surface area (Å²) in [6.45, 7) is 8.85. The molecule has 15 heavy (non-hydrogen) atoms. The standard InChI is InChI=1S/C12H24N2O/c1-10(2)13-11-9-15-8-5-12(11)14-6-3-4-7-14/h10-13H,3-9H2,1-2H3. The van der Waals surface area contributed by atoms with Gasteiger partial charge in [-0.3, -0.25) is 4.90 Å². The van der Waals surface area contributed by atoms with Crippen LogP contribution in [0.5, 0.6) is 0 Å². The Kier molecular flexibility index (Phi) is 4.00. The molecule has 0 saturated carbocycles. The van der Waals surface area contributed by atoms with Gasteiger partial charge < -0.3 is 10.1 Å². The Morgan fingerprint density at radius 3 is 2.67 bits per heavy atom. The van der Waals surface area contributed by atoms with Crippen LogP contribution >= 0.6 is 0 Å². The van der Waals surface area contributed by atoms with Gasteiger partial charge in [0.2, 0.25) is 0 Å². The summed E-state index contributed by atoms with van der Waals surface area (Å²) in [4.78, 5) is 2.66. The molecule has 2 aliphatic heterocycles. The Morgan fingerprint density at radius 1 is 1.27 bits per heavy atom. The van der Waals surface area contributed by atoms with Crippen molar-refractivity contribution in [2.45, 2.75) is 51.2 Å². The van der Waals surface area contributed by atoms with E-state index >= 15 is 0 Å². The average molecular weight is 212 g/mol. The van der Waals surface area contributed by atoms with Gasteiger partial charge in [0.15, 0.2) is 0 Å². The third-order valence-electron chi connectivity index (χ3n) is 3.48. The van der Waals surface area contributed by atoms with Crippen molar-refractivity contribution >= 4 is 0 Å². The molecule has 2 unspecified atom stereocenters. The molecule has 2 heterocycles. The summed E-state index contributed by atoms with van der Waals surface area (Å²) >= 11 is 0. The van der Waals surface area contributed by atoms with Crippen molar-refractivity contribution in [3.63, 3.8) is 0 Å². The average Bonchev–Trinajstić information content (AvgIpc) is 2.70. The van der Waals surface area contributed by atoms with Crippen LogP contribution in [0.2, 0.25) is 0 Å². The molecule has 0 aromatic heterocycles. The summed E-state index contributed by atoms with van der Waals surface area (Å²) in [5.41, 5.74) is 0. The van der Waals surface area contributed by atoms with Crippen molar-refractivity contribution in [3.05, 3.63) is 0 Å². The van der Waals surface area contributed by atoms with E-state index in [4.69, 9.17) is 4.74 Å². The van der Waals surface area contributed by atoms with E-state index in [0.29, 0.717) is 18.1 Å². The van der Waals surface area contributed by atoms with E-state index in [-0.39, 0.29) is 0 Å². The fourth-order valence-electron chi connectivity index (χ4n) is 2.82. The summed E-state index contributed by atoms with van der Waals surface area (Å²) in [7, 11) is 0. The monoisotopic (exact) mass is 212 g/mol. The third-order valence-corrected chi connectivity index (χ3v) is 3.48. The minimum absolute atomic E-state index is 0.539. The lowest BCUT2D eigenvalue weighted by Gasteiger charge is -2.39. The first-order valence-corrected chi connectivity index (χ1v) is 6.35. The molecular weight excluding hydrogens is 188 g/mol. The first kappa shape index (κ1) is 11.4. The van der Waals surface area contributed by atoms with Gasteiger partial charge in [0, 0.05) is 24.7 Å². The maximum absolute atomic E-state index is 5.58. The zero-order chi connectivity index (χ0) is 10.7. The van der Waals surface area contributed by atoms with Crippen LogP contribution in [0, 0.1) is 0 Å². The SMILES string of the molecule is CC(C)NC1COCCC1N1CCCC1. The van der Waals surface area contributed by atoms with Crippen LogP contribution in [0.15, 0.2) is 0 Å². The molecule has 2 aliphatic rings. The number of nitrogens with zero attached hydrogens (tertiary/aromatic N) is 1. The number of ether oxygens (including phenoxy) is 1. The highest BCUT2D eigenvalue weighted by molar-refractivity contribution is 4.89. The molecule has 2 saturated heterocycles. The van der Waals surface area contributed by atoms with E-state index in [2.05, 4.69) is 24.1 Å². The van der Waals surface area contributed by atoms with Gasteiger partial charge in [-0.2, -0.15) is 0 Å². The van der Waals surface area contributed by atoms with Crippen molar-refractivity contribution in [2.75, 3.05) is 26.3 Å². The highest BCUT2D eigenvalue weighted by Gasteiger charge is 2.32. The number of rotatable bonds is 3. The molecule has 3 nitrogen and oxygen atoms in total. The Bertz CT molecular complexity index is 190. The number of hydrogen-bond acceptors (Lipinski definition) is 3. The normalized spacial score (nSPS) is 33.8. The van der Waals surface area contributed by atoms with E-state index in [0.717, 1.165) is 13.2 Å². The second-order valence-corrected chi connectivity index (χ2v) is 5.10. The van der Waals surface area contributed by atoms with E-state index in [9.17, 15) is 0 Å². The fraction of sp³-hybridized carbons (Fsp3) is 1.00. The maximum Gasteiger partial charge on any atom is 0.0635 e. The summed E-state index contributed by atoms with van der Waals surface area (Å²) < 4.78 is 5.58. The van der Waals surface area contributed by atoms with Gasteiger partial charge in [-0.1, -0.05) is 13.8 Å². The smallest absolute Gasteiger partial charge is 0.0635 e. The van der Waals surface area contributed by atoms with E-state index < -0.39 is 0 Å². The first-order valence-electron chi connectivity index (χ1n) is 6.35. The quantitative estimate of drug-likeness (QED) is 0.762. The molecule has 0 spiro atoms. The first-order chi connectivity index (χ1) is 7.27. The van der Waals surface area contributed by atoms with E-state index in [1.807, 2.05) is 0 Å². The Labute approximate surface area is 93.2 Å². The topological polar surface area (TPSA) is 24.5 Å². The molecule has 0 aliphatic carbocycles. The van der Waals surface area contributed by atoms with Gasteiger partial charge in [-0.05, 0) is 32.4 Å². The van der Waals surface area contributed by atoms with Crippen LogP contribution < -0.4 is 5.32 Å². The molecule has 3 heteroatoms. The third kappa shape index (κ3) is 2.92. The largest absolute Gasteiger partial charge is 0.380 e.